The Hall–Kier alpha value is -4.26. The molecule has 0 aliphatic rings. The minimum absolute atomic E-state index is 0.0131. The maximum atomic E-state index is 13.8. The molecule has 0 fully saturated rings. The van der Waals surface area contributed by atoms with Crippen molar-refractivity contribution in [1.82, 2.24) is 29.4 Å². The van der Waals surface area contributed by atoms with Gasteiger partial charge in [-0.15, -0.1) is 11.3 Å². The Balaban J connectivity index is 1.74. The highest BCUT2D eigenvalue weighted by atomic mass is 32.1. The zero-order valence-corrected chi connectivity index (χ0v) is 21.2. The number of rotatable bonds is 6. The molecule has 0 unspecified atom stereocenters. The third kappa shape index (κ3) is 4.10. The van der Waals surface area contributed by atoms with Gasteiger partial charge in [0.2, 0.25) is 0 Å². The molecule has 13 heteroatoms. The van der Waals surface area contributed by atoms with Gasteiger partial charge >= 0.3 is 0 Å². The van der Waals surface area contributed by atoms with E-state index >= 15 is 0 Å². The van der Waals surface area contributed by atoms with Crippen LogP contribution in [0.15, 0.2) is 24.5 Å². The highest BCUT2D eigenvalue weighted by Crippen LogP contribution is 2.43. The summed E-state index contributed by atoms with van der Waals surface area (Å²) in [6.45, 7) is 7.86. The normalized spacial score (nSPS) is 11.6. The molecule has 5 heterocycles. The number of alkyl halides is 2. The molecule has 5 aromatic rings. The van der Waals surface area contributed by atoms with E-state index in [1.165, 1.54) is 16.8 Å². The summed E-state index contributed by atoms with van der Waals surface area (Å²) in [5, 5.41) is 11.8. The molecule has 0 aliphatic heterocycles. The van der Waals surface area contributed by atoms with Crippen LogP contribution in [0.4, 0.5) is 14.5 Å². The largest absolute Gasteiger partial charge is 0.365 e. The molecule has 10 nitrogen and oxygen atoms in total. The molecule has 0 bridgehead atoms. The van der Waals surface area contributed by atoms with E-state index in [9.17, 15) is 18.4 Å². The van der Waals surface area contributed by atoms with Crippen LogP contribution < -0.4 is 11.1 Å². The van der Waals surface area contributed by atoms with Crippen LogP contribution >= 0.6 is 11.3 Å². The number of nitrogens with two attached hydrogens (primary N) is 1. The number of hydrogen-bond donors (Lipinski definition) is 2. The molecule has 0 aromatic carbocycles. The zero-order valence-electron chi connectivity index (χ0n) is 20.3. The van der Waals surface area contributed by atoms with Gasteiger partial charge in [0.25, 0.3) is 18.2 Å². The molecule has 190 valence electrons. The number of aromatic nitrogens is 6. The number of hydrogen-bond acceptors (Lipinski definition) is 7. The van der Waals surface area contributed by atoms with Crippen LogP contribution in [0, 0.1) is 20.8 Å². The maximum Gasteiger partial charge on any atom is 0.280 e. The second-order valence-electron chi connectivity index (χ2n) is 8.52. The van der Waals surface area contributed by atoms with Gasteiger partial charge in [0.15, 0.2) is 5.65 Å². The second-order valence-corrected chi connectivity index (χ2v) is 9.52. The van der Waals surface area contributed by atoms with Gasteiger partial charge in [0.1, 0.15) is 21.0 Å². The number of pyridine rings is 1. The van der Waals surface area contributed by atoms with Crippen LogP contribution in [-0.4, -0.2) is 41.2 Å². The first-order chi connectivity index (χ1) is 17.6. The molecule has 0 spiro atoms. The van der Waals surface area contributed by atoms with Gasteiger partial charge in [0, 0.05) is 35.1 Å². The summed E-state index contributed by atoms with van der Waals surface area (Å²) in [7, 11) is 0. The summed E-state index contributed by atoms with van der Waals surface area (Å²) < 4.78 is 30.8. The maximum absolute atomic E-state index is 13.8. The first-order valence-corrected chi connectivity index (χ1v) is 12.1. The average molecular weight is 525 g/mol. The molecule has 0 saturated heterocycles. The fourth-order valence-electron chi connectivity index (χ4n) is 4.29. The number of halogens is 2. The summed E-state index contributed by atoms with van der Waals surface area (Å²) >= 11 is 0.841. The van der Waals surface area contributed by atoms with E-state index in [0.29, 0.717) is 40.1 Å². The van der Waals surface area contributed by atoms with Crippen molar-refractivity contribution in [2.45, 2.75) is 40.7 Å². The molecular formula is C24H22F2N8O2S. The van der Waals surface area contributed by atoms with Crippen molar-refractivity contribution in [3.8, 4) is 11.1 Å². The third-order valence-corrected chi connectivity index (χ3v) is 7.05. The number of carbonyl (C=O) groups is 2. The zero-order chi connectivity index (χ0) is 26.6. The molecule has 5 aromatic heterocycles. The molecule has 5 rings (SSSR count). The van der Waals surface area contributed by atoms with Crippen LogP contribution in [0.5, 0.6) is 0 Å². The summed E-state index contributed by atoms with van der Waals surface area (Å²) in [5.41, 5.74) is 8.81. The average Bonchev–Trinajstić information content (AvgIpc) is 3.53. The molecular weight excluding hydrogens is 502 g/mol. The lowest BCUT2D eigenvalue weighted by Crippen LogP contribution is -2.17. The SMILES string of the molecule is CCn1cc(-c2cc(C(F)F)nc3sc(C(N)=O)c(NC(=O)c4cnn5c(C)cc(C)nc45)c23)c(C)n1. The van der Waals surface area contributed by atoms with Crippen LogP contribution in [-0.2, 0) is 6.54 Å². The second kappa shape index (κ2) is 9.00. The number of fused-ring (bicyclic) bond motifs is 2. The lowest BCUT2D eigenvalue weighted by molar-refractivity contribution is 0.100. The number of thiophene rings is 1. The van der Waals surface area contributed by atoms with Gasteiger partial charge < -0.3 is 11.1 Å². The smallest absolute Gasteiger partial charge is 0.280 e. The quantitative estimate of drug-likeness (QED) is 0.337. The van der Waals surface area contributed by atoms with Gasteiger partial charge in [-0.25, -0.2) is 23.3 Å². The minimum atomic E-state index is -2.85. The Morgan fingerprint density at radius 2 is 1.92 bits per heavy atom. The van der Waals surface area contributed by atoms with E-state index in [2.05, 4.69) is 25.5 Å². The van der Waals surface area contributed by atoms with Gasteiger partial charge in [-0.05, 0) is 45.4 Å². The van der Waals surface area contributed by atoms with E-state index in [1.807, 2.05) is 19.9 Å². The fourth-order valence-corrected chi connectivity index (χ4v) is 5.30. The summed E-state index contributed by atoms with van der Waals surface area (Å²) in [6, 6.07) is 3.09. The van der Waals surface area contributed by atoms with Gasteiger partial charge in [0.05, 0.1) is 17.6 Å². The van der Waals surface area contributed by atoms with Crippen molar-refractivity contribution in [2.24, 2.45) is 5.73 Å². The van der Waals surface area contributed by atoms with Crippen molar-refractivity contribution in [3.05, 3.63) is 57.7 Å². The lowest BCUT2D eigenvalue weighted by Gasteiger charge is -2.10. The van der Waals surface area contributed by atoms with Gasteiger partial charge in [-0.1, -0.05) is 0 Å². The Morgan fingerprint density at radius 1 is 1.16 bits per heavy atom. The molecule has 0 aliphatic carbocycles. The molecule has 0 saturated carbocycles. The molecule has 0 radical (unpaired) electrons. The van der Waals surface area contributed by atoms with Gasteiger partial charge in [-0.2, -0.15) is 10.2 Å². The van der Waals surface area contributed by atoms with Crippen LogP contribution in [0.25, 0.3) is 27.0 Å². The number of nitrogens with one attached hydrogen (secondary N) is 1. The standard InChI is InChI=1S/C24H22F2N8O2S/c1-5-33-9-15(12(4)32-33)13-7-16(20(25)26)30-24-17(13)18(19(37-24)21(27)35)31-23(36)14-8-28-34-11(3)6-10(2)29-22(14)34/h6-9,20H,5H2,1-4H3,(H2,27,35)(H,31,36). The van der Waals surface area contributed by atoms with E-state index in [4.69, 9.17) is 5.73 Å². The van der Waals surface area contributed by atoms with E-state index in [-0.39, 0.29) is 21.0 Å². The fraction of sp³-hybridized carbons (Fsp3) is 0.250. The van der Waals surface area contributed by atoms with Crippen molar-refractivity contribution < 1.29 is 18.4 Å². The van der Waals surface area contributed by atoms with Crippen molar-refractivity contribution in [1.29, 1.82) is 0 Å². The van der Waals surface area contributed by atoms with E-state index in [1.54, 1.807) is 24.7 Å². The van der Waals surface area contributed by atoms with Crippen LogP contribution in [0.1, 0.15) is 56.2 Å². The van der Waals surface area contributed by atoms with Crippen molar-refractivity contribution in [3.63, 3.8) is 0 Å². The Bertz CT molecular complexity index is 1720. The lowest BCUT2D eigenvalue weighted by atomic mass is 10.0. The monoisotopic (exact) mass is 524 g/mol. The van der Waals surface area contributed by atoms with Crippen molar-refractivity contribution in [2.75, 3.05) is 5.32 Å². The topological polar surface area (TPSA) is 133 Å². The minimum Gasteiger partial charge on any atom is -0.365 e. The number of amides is 2. The highest BCUT2D eigenvalue weighted by Gasteiger charge is 2.27. The summed E-state index contributed by atoms with van der Waals surface area (Å²) in [5.74, 6) is -1.41. The van der Waals surface area contributed by atoms with E-state index < -0.39 is 23.9 Å². The number of anilines is 1. The highest BCUT2D eigenvalue weighted by molar-refractivity contribution is 7.21. The summed E-state index contributed by atoms with van der Waals surface area (Å²) in [4.78, 5) is 34.5. The Kier molecular flexibility index (Phi) is 5.94. The molecule has 0 atom stereocenters. The predicted molar refractivity (Wildman–Crippen MR) is 135 cm³/mol. The number of carbonyl (C=O) groups excluding carboxylic acids is 2. The summed E-state index contributed by atoms with van der Waals surface area (Å²) in [6.07, 6.45) is 0.262. The third-order valence-electron chi connectivity index (χ3n) is 5.95. The number of primary amides is 1. The molecule has 2 amide bonds. The first-order valence-electron chi connectivity index (χ1n) is 11.3. The number of aryl methyl sites for hydroxylation is 4. The van der Waals surface area contributed by atoms with Crippen molar-refractivity contribution >= 4 is 44.7 Å². The first kappa shape index (κ1) is 24.4. The van der Waals surface area contributed by atoms with Crippen LogP contribution in [0.2, 0.25) is 0 Å². The molecule has 3 N–H and O–H groups in total. The number of nitrogens with zero attached hydrogens (tertiary/aromatic N) is 6. The predicted octanol–water partition coefficient (Wildman–Crippen LogP) is 4.44. The Labute approximate surface area is 213 Å². The molecule has 37 heavy (non-hydrogen) atoms. The van der Waals surface area contributed by atoms with Crippen LogP contribution in [0.3, 0.4) is 0 Å². The van der Waals surface area contributed by atoms with E-state index in [0.717, 1.165) is 17.0 Å². The Morgan fingerprint density at radius 3 is 2.57 bits per heavy atom. The van der Waals surface area contributed by atoms with Gasteiger partial charge in [-0.3, -0.25) is 14.3 Å².